The second-order valence-corrected chi connectivity index (χ2v) is 15.3. The molecule has 0 aliphatic heterocycles. The molecule has 0 radical (unpaired) electrons. The summed E-state index contributed by atoms with van der Waals surface area (Å²) in [5.74, 6) is -0.804. The van der Waals surface area contributed by atoms with Crippen LogP contribution in [0, 0.1) is 0 Å². The fourth-order valence-corrected chi connectivity index (χ4v) is 7.99. The van der Waals surface area contributed by atoms with Crippen molar-refractivity contribution in [3.8, 4) is 0 Å². The molecule has 246 valence electrons. The van der Waals surface area contributed by atoms with Gasteiger partial charge in [0.1, 0.15) is 12.6 Å². The quantitative estimate of drug-likeness (QED) is 0.159. The van der Waals surface area contributed by atoms with Crippen LogP contribution in [-0.4, -0.2) is 43.8 Å². The molecule has 2 amide bonds. The minimum Gasteiger partial charge on any atom is -0.352 e. The molecule has 0 spiro atoms. The number of hydrogen-bond acceptors (Lipinski definition) is 4. The lowest BCUT2D eigenvalue weighted by Crippen LogP contribution is -2.55. The van der Waals surface area contributed by atoms with E-state index in [1.807, 2.05) is 54.6 Å². The Bertz CT molecular complexity index is 1790. The maximum Gasteiger partial charge on any atom is 0.264 e. The second kappa shape index (κ2) is 16.2. The van der Waals surface area contributed by atoms with E-state index in [-0.39, 0.29) is 35.5 Å². The first-order chi connectivity index (χ1) is 22.6. The number of rotatable bonds is 12. The number of sulfonamides is 1. The van der Waals surface area contributed by atoms with Crippen molar-refractivity contribution in [3.63, 3.8) is 0 Å². The molecule has 1 saturated carbocycles. The van der Waals surface area contributed by atoms with Crippen LogP contribution in [0.25, 0.3) is 0 Å². The average molecular weight is 758 g/mol. The third-order valence-corrected chi connectivity index (χ3v) is 11.0. The van der Waals surface area contributed by atoms with E-state index in [1.54, 1.807) is 18.2 Å². The molecule has 1 atom stereocenters. The molecule has 7 nitrogen and oxygen atoms in total. The predicted molar refractivity (Wildman–Crippen MR) is 191 cm³/mol. The van der Waals surface area contributed by atoms with Gasteiger partial charge in [0.05, 0.1) is 10.6 Å². The van der Waals surface area contributed by atoms with E-state index in [0.29, 0.717) is 10.0 Å². The number of nitrogens with one attached hydrogen (secondary N) is 1. The number of carbonyl (C=O) groups is 2. The van der Waals surface area contributed by atoms with Crippen molar-refractivity contribution in [3.05, 3.63) is 129 Å². The summed E-state index contributed by atoms with van der Waals surface area (Å²) in [6.07, 6.45) is 5.21. The molecule has 1 unspecified atom stereocenters. The molecule has 1 N–H and O–H groups in total. The second-order valence-electron chi connectivity index (χ2n) is 11.6. The standard InChI is InChI=1S/C36H36BrCl2N3O4S/c37-28-12-7-11-27(21-28)24-41(34(22-26-9-3-1-4-10-26)36(44)40-31-14-5-2-6-15-31)35(43)25-42(32-16-8-13-30(39)23-32)47(45,46)33-19-17-29(38)18-20-33/h1,3-4,7-13,16-21,23,31,34H,2,5-6,14-15,22,24-25H2,(H,40,44). The van der Waals surface area contributed by atoms with Crippen LogP contribution >= 0.6 is 39.1 Å². The van der Waals surface area contributed by atoms with Crippen LogP contribution in [0.1, 0.15) is 43.2 Å². The van der Waals surface area contributed by atoms with Gasteiger partial charge in [-0.1, -0.05) is 107 Å². The Morgan fingerprint density at radius 1 is 0.809 bits per heavy atom. The molecule has 1 aliphatic rings. The summed E-state index contributed by atoms with van der Waals surface area (Å²) < 4.78 is 30.2. The highest BCUT2D eigenvalue weighted by Gasteiger charge is 2.35. The van der Waals surface area contributed by atoms with Crippen LogP contribution in [0.5, 0.6) is 0 Å². The maximum absolute atomic E-state index is 14.6. The molecule has 0 bridgehead atoms. The van der Waals surface area contributed by atoms with Gasteiger partial charge in [0.15, 0.2) is 0 Å². The van der Waals surface area contributed by atoms with Crippen LogP contribution in [0.15, 0.2) is 112 Å². The van der Waals surface area contributed by atoms with Crippen molar-refractivity contribution >= 4 is 66.7 Å². The van der Waals surface area contributed by atoms with Crippen molar-refractivity contribution in [2.45, 2.75) is 62.0 Å². The van der Waals surface area contributed by atoms with Gasteiger partial charge in [-0.05, 0) is 78.6 Å². The third-order valence-electron chi connectivity index (χ3n) is 8.24. The molecule has 4 aromatic carbocycles. The van der Waals surface area contributed by atoms with Gasteiger partial charge in [0.2, 0.25) is 11.8 Å². The first-order valence-corrected chi connectivity index (χ1v) is 18.5. The van der Waals surface area contributed by atoms with Gasteiger partial charge < -0.3 is 10.2 Å². The first kappa shape index (κ1) is 35.0. The molecule has 1 aliphatic carbocycles. The van der Waals surface area contributed by atoms with Crippen molar-refractivity contribution in [2.24, 2.45) is 0 Å². The van der Waals surface area contributed by atoms with E-state index in [1.165, 1.54) is 35.2 Å². The van der Waals surface area contributed by atoms with Gasteiger partial charge in [-0.15, -0.1) is 0 Å². The normalized spacial score (nSPS) is 14.3. The van der Waals surface area contributed by atoms with Crippen molar-refractivity contribution in [1.29, 1.82) is 0 Å². The minimum absolute atomic E-state index is 0.0191. The van der Waals surface area contributed by atoms with Crippen molar-refractivity contribution < 1.29 is 18.0 Å². The number of carbonyl (C=O) groups excluding carboxylic acids is 2. The maximum atomic E-state index is 14.6. The highest BCUT2D eigenvalue weighted by molar-refractivity contribution is 9.10. The Hall–Kier alpha value is -3.37. The first-order valence-electron chi connectivity index (χ1n) is 15.5. The third kappa shape index (κ3) is 9.38. The highest BCUT2D eigenvalue weighted by Crippen LogP contribution is 2.28. The summed E-state index contributed by atoms with van der Waals surface area (Å²) in [6.45, 7) is -0.487. The minimum atomic E-state index is -4.26. The number of halogens is 3. The molecule has 11 heteroatoms. The molecule has 5 rings (SSSR count). The lowest BCUT2D eigenvalue weighted by molar-refractivity contribution is -0.140. The SMILES string of the molecule is O=C(NC1CCCCC1)C(Cc1ccccc1)N(Cc1cccc(Br)c1)C(=O)CN(c1cccc(Cl)c1)S(=O)(=O)c1ccc(Cl)cc1. The number of benzene rings is 4. The van der Waals surface area contributed by atoms with Gasteiger partial charge in [-0.25, -0.2) is 8.42 Å². The van der Waals surface area contributed by atoms with Crippen LogP contribution in [0.3, 0.4) is 0 Å². The van der Waals surface area contributed by atoms with E-state index in [2.05, 4.69) is 21.2 Å². The summed E-state index contributed by atoms with van der Waals surface area (Å²) in [4.78, 5) is 30.3. The monoisotopic (exact) mass is 755 g/mol. The number of nitrogens with zero attached hydrogens (tertiary/aromatic N) is 2. The summed E-state index contributed by atoms with van der Waals surface area (Å²) in [5, 5.41) is 3.91. The van der Waals surface area contributed by atoms with Gasteiger partial charge in [0, 0.05) is 33.5 Å². The number of anilines is 1. The zero-order valence-electron chi connectivity index (χ0n) is 25.7. The Balaban J connectivity index is 1.56. The number of hydrogen-bond donors (Lipinski definition) is 1. The van der Waals surface area contributed by atoms with Crippen LogP contribution < -0.4 is 9.62 Å². The topological polar surface area (TPSA) is 86.8 Å². The van der Waals surface area contributed by atoms with E-state index in [4.69, 9.17) is 23.2 Å². The lowest BCUT2D eigenvalue weighted by atomic mass is 9.94. The smallest absolute Gasteiger partial charge is 0.264 e. The highest BCUT2D eigenvalue weighted by atomic mass is 79.9. The molecule has 0 saturated heterocycles. The molecular weight excluding hydrogens is 721 g/mol. The Kier molecular flexibility index (Phi) is 12.0. The predicted octanol–water partition coefficient (Wildman–Crippen LogP) is 8.04. The van der Waals surface area contributed by atoms with E-state index < -0.39 is 28.5 Å². The lowest BCUT2D eigenvalue weighted by Gasteiger charge is -2.35. The number of amides is 2. The molecule has 47 heavy (non-hydrogen) atoms. The Morgan fingerprint density at radius 3 is 2.17 bits per heavy atom. The van der Waals surface area contributed by atoms with E-state index in [0.717, 1.165) is 52.0 Å². The summed E-state index contributed by atoms with van der Waals surface area (Å²) in [6, 6.07) is 28.2. The Labute approximate surface area is 295 Å². The van der Waals surface area contributed by atoms with Crippen LogP contribution in [0.4, 0.5) is 5.69 Å². The van der Waals surface area contributed by atoms with Crippen molar-refractivity contribution in [1.82, 2.24) is 10.2 Å². The Morgan fingerprint density at radius 2 is 1.49 bits per heavy atom. The molecule has 0 aromatic heterocycles. The van der Waals surface area contributed by atoms with E-state index >= 15 is 0 Å². The van der Waals surface area contributed by atoms with Crippen LogP contribution in [-0.2, 0) is 32.6 Å². The molecular formula is C36H36BrCl2N3O4S. The zero-order chi connectivity index (χ0) is 33.4. The van der Waals surface area contributed by atoms with E-state index in [9.17, 15) is 18.0 Å². The average Bonchev–Trinajstić information content (AvgIpc) is 3.06. The summed E-state index contributed by atoms with van der Waals surface area (Å²) >= 11 is 15.9. The van der Waals surface area contributed by atoms with Gasteiger partial charge in [0.25, 0.3) is 10.0 Å². The van der Waals surface area contributed by atoms with Gasteiger partial charge in [-0.2, -0.15) is 0 Å². The molecule has 0 heterocycles. The largest absolute Gasteiger partial charge is 0.352 e. The molecule has 1 fully saturated rings. The molecule has 4 aromatic rings. The van der Waals surface area contributed by atoms with Crippen molar-refractivity contribution in [2.75, 3.05) is 10.8 Å². The summed E-state index contributed by atoms with van der Waals surface area (Å²) in [5.41, 5.74) is 1.88. The fraction of sp³-hybridized carbons (Fsp3) is 0.278. The zero-order valence-corrected chi connectivity index (χ0v) is 29.6. The fourth-order valence-electron chi connectivity index (χ4n) is 5.82. The summed E-state index contributed by atoms with van der Waals surface area (Å²) in [7, 11) is -4.26. The van der Waals surface area contributed by atoms with Crippen LogP contribution in [0.2, 0.25) is 10.0 Å². The van der Waals surface area contributed by atoms with Gasteiger partial charge >= 0.3 is 0 Å². The van der Waals surface area contributed by atoms with Gasteiger partial charge in [-0.3, -0.25) is 13.9 Å².